The molecule has 0 aromatic carbocycles. The molecule has 1 fully saturated rings. The van der Waals surface area contributed by atoms with Crippen molar-refractivity contribution in [3.05, 3.63) is 11.6 Å². The smallest absolute Gasteiger partial charge is 0.142 e. The highest BCUT2D eigenvalue weighted by molar-refractivity contribution is 5.66. The minimum absolute atomic E-state index is 0.713. The summed E-state index contributed by atoms with van der Waals surface area (Å²) in [7, 11) is 0. The van der Waals surface area contributed by atoms with E-state index in [1.54, 1.807) is 6.08 Å². The Bertz CT molecular complexity index is 141. The molecule has 1 aliphatic rings. The lowest BCUT2D eigenvalue weighted by molar-refractivity contribution is -0.104. The predicted octanol–water partition coefficient (Wildman–Crippen LogP) is 2.32. The molecule has 0 bridgehead atoms. The SMILES string of the molecule is CC(=CC=O)C1CCCC1. The lowest BCUT2D eigenvalue weighted by Gasteiger charge is -2.06. The average Bonchev–Trinajstić information content (AvgIpc) is 2.38. The quantitative estimate of drug-likeness (QED) is 0.423. The van der Waals surface area contributed by atoms with Gasteiger partial charge in [0.15, 0.2) is 0 Å². The van der Waals surface area contributed by atoms with E-state index in [0.29, 0.717) is 5.92 Å². The zero-order valence-corrected chi connectivity index (χ0v) is 6.47. The maximum absolute atomic E-state index is 10.1. The van der Waals surface area contributed by atoms with Crippen LogP contribution in [0.3, 0.4) is 0 Å². The number of hydrogen-bond acceptors (Lipinski definition) is 1. The second-order valence-electron chi connectivity index (χ2n) is 3.03. The van der Waals surface area contributed by atoms with Gasteiger partial charge in [0.25, 0.3) is 0 Å². The van der Waals surface area contributed by atoms with Gasteiger partial charge < -0.3 is 0 Å². The number of rotatable bonds is 2. The van der Waals surface area contributed by atoms with Crippen molar-refractivity contribution in [1.82, 2.24) is 0 Å². The van der Waals surface area contributed by atoms with Crippen LogP contribution in [0.4, 0.5) is 0 Å². The third kappa shape index (κ3) is 1.69. The standard InChI is InChI=1S/C9H14O/c1-8(6-7-10)9-4-2-3-5-9/h6-7,9H,2-5H2,1H3. The molecule has 1 nitrogen and oxygen atoms in total. The fraction of sp³-hybridized carbons (Fsp3) is 0.667. The Morgan fingerprint density at radius 3 is 2.50 bits per heavy atom. The highest BCUT2D eigenvalue weighted by atomic mass is 16.1. The van der Waals surface area contributed by atoms with Gasteiger partial charge in [-0.1, -0.05) is 18.4 Å². The Hall–Kier alpha value is -0.590. The van der Waals surface area contributed by atoms with Gasteiger partial charge in [-0.25, -0.2) is 0 Å². The fourth-order valence-corrected chi connectivity index (χ4v) is 1.62. The van der Waals surface area contributed by atoms with Gasteiger partial charge in [0.2, 0.25) is 0 Å². The molecular formula is C9H14O. The van der Waals surface area contributed by atoms with Gasteiger partial charge in [-0.2, -0.15) is 0 Å². The van der Waals surface area contributed by atoms with Gasteiger partial charge in [-0.15, -0.1) is 0 Å². The number of carbonyl (C=O) groups excluding carboxylic acids is 1. The first-order valence-corrected chi connectivity index (χ1v) is 3.96. The molecular weight excluding hydrogens is 124 g/mol. The van der Waals surface area contributed by atoms with Crippen LogP contribution >= 0.6 is 0 Å². The van der Waals surface area contributed by atoms with Crippen LogP contribution in [0.15, 0.2) is 11.6 Å². The van der Waals surface area contributed by atoms with Crippen LogP contribution in [0.2, 0.25) is 0 Å². The van der Waals surface area contributed by atoms with Gasteiger partial charge in [-0.3, -0.25) is 4.79 Å². The second-order valence-corrected chi connectivity index (χ2v) is 3.03. The molecule has 1 saturated carbocycles. The number of aldehydes is 1. The van der Waals surface area contributed by atoms with E-state index in [0.717, 1.165) is 6.29 Å². The molecule has 0 amide bonds. The molecule has 0 radical (unpaired) electrons. The zero-order valence-electron chi connectivity index (χ0n) is 6.47. The van der Waals surface area contributed by atoms with Crippen molar-refractivity contribution in [1.29, 1.82) is 0 Å². The first kappa shape index (κ1) is 7.52. The van der Waals surface area contributed by atoms with E-state index >= 15 is 0 Å². The van der Waals surface area contributed by atoms with E-state index in [4.69, 9.17) is 0 Å². The number of hydrogen-bond donors (Lipinski definition) is 0. The van der Waals surface area contributed by atoms with E-state index in [9.17, 15) is 4.79 Å². The van der Waals surface area contributed by atoms with Crippen molar-refractivity contribution >= 4 is 6.29 Å². The Labute approximate surface area is 62.1 Å². The Morgan fingerprint density at radius 2 is 2.00 bits per heavy atom. The molecule has 0 atom stereocenters. The third-order valence-corrected chi connectivity index (χ3v) is 2.33. The lowest BCUT2D eigenvalue weighted by atomic mass is 9.99. The van der Waals surface area contributed by atoms with Crippen LogP contribution in [0.1, 0.15) is 32.6 Å². The van der Waals surface area contributed by atoms with Crippen molar-refractivity contribution in [3.8, 4) is 0 Å². The Kier molecular flexibility index (Phi) is 2.67. The van der Waals surface area contributed by atoms with Crippen molar-refractivity contribution in [2.24, 2.45) is 5.92 Å². The van der Waals surface area contributed by atoms with E-state index in [1.807, 2.05) is 0 Å². The van der Waals surface area contributed by atoms with Crippen LogP contribution in [-0.4, -0.2) is 6.29 Å². The first-order valence-electron chi connectivity index (χ1n) is 3.96. The number of allylic oxidation sites excluding steroid dienone is 2. The van der Waals surface area contributed by atoms with Gasteiger partial charge in [0.05, 0.1) is 0 Å². The zero-order chi connectivity index (χ0) is 7.40. The van der Waals surface area contributed by atoms with Crippen molar-refractivity contribution in [2.75, 3.05) is 0 Å². The van der Waals surface area contributed by atoms with Crippen LogP contribution in [0.25, 0.3) is 0 Å². The highest BCUT2D eigenvalue weighted by Gasteiger charge is 2.15. The predicted molar refractivity (Wildman–Crippen MR) is 41.8 cm³/mol. The monoisotopic (exact) mass is 138 g/mol. The van der Waals surface area contributed by atoms with Gasteiger partial charge in [-0.05, 0) is 31.8 Å². The lowest BCUT2D eigenvalue weighted by Crippen LogP contribution is -1.94. The van der Waals surface area contributed by atoms with Crippen LogP contribution in [0, 0.1) is 5.92 Å². The third-order valence-electron chi connectivity index (χ3n) is 2.33. The largest absolute Gasteiger partial charge is 0.299 e. The molecule has 0 aromatic heterocycles. The Morgan fingerprint density at radius 1 is 1.40 bits per heavy atom. The highest BCUT2D eigenvalue weighted by Crippen LogP contribution is 2.30. The summed E-state index contributed by atoms with van der Waals surface area (Å²) < 4.78 is 0. The maximum Gasteiger partial charge on any atom is 0.142 e. The summed E-state index contributed by atoms with van der Waals surface area (Å²) in [4.78, 5) is 10.1. The molecule has 0 saturated heterocycles. The maximum atomic E-state index is 10.1. The first-order chi connectivity index (χ1) is 4.84. The molecule has 0 spiro atoms. The summed E-state index contributed by atoms with van der Waals surface area (Å²) in [5.74, 6) is 0.713. The van der Waals surface area contributed by atoms with Crippen LogP contribution < -0.4 is 0 Å². The minimum atomic E-state index is 0.713. The molecule has 1 heteroatoms. The molecule has 0 aromatic rings. The molecule has 10 heavy (non-hydrogen) atoms. The van der Waals surface area contributed by atoms with Crippen molar-refractivity contribution in [2.45, 2.75) is 32.6 Å². The molecule has 0 aliphatic heterocycles. The molecule has 0 N–H and O–H groups in total. The molecule has 0 heterocycles. The minimum Gasteiger partial charge on any atom is -0.299 e. The van der Waals surface area contributed by atoms with E-state index in [2.05, 4.69) is 6.92 Å². The summed E-state index contributed by atoms with van der Waals surface area (Å²) in [6.45, 7) is 2.06. The summed E-state index contributed by atoms with van der Waals surface area (Å²) in [6.07, 6.45) is 7.86. The van der Waals surface area contributed by atoms with E-state index in [1.165, 1.54) is 31.3 Å². The van der Waals surface area contributed by atoms with Crippen molar-refractivity contribution in [3.63, 3.8) is 0 Å². The van der Waals surface area contributed by atoms with Gasteiger partial charge in [0, 0.05) is 0 Å². The second kappa shape index (κ2) is 3.55. The molecule has 1 aliphatic carbocycles. The average molecular weight is 138 g/mol. The van der Waals surface area contributed by atoms with Crippen LogP contribution in [0.5, 0.6) is 0 Å². The fourth-order valence-electron chi connectivity index (χ4n) is 1.62. The molecule has 1 rings (SSSR count). The summed E-state index contributed by atoms with van der Waals surface area (Å²) >= 11 is 0. The van der Waals surface area contributed by atoms with E-state index < -0.39 is 0 Å². The van der Waals surface area contributed by atoms with E-state index in [-0.39, 0.29) is 0 Å². The Balaban J connectivity index is 2.46. The summed E-state index contributed by atoms with van der Waals surface area (Å²) in [5.41, 5.74) is 1.27. The van der Waals surface area contributed by atoms with Crippen molar-refractivity contribution < 1.29 is 4.79 Å². The topological polar surface area (TPSA) is 17.1 Å². The van der Waals surface area contributed by atoms with Gasteiger partial charge in [0.1, 0.15) is 6.29 Å². The van der Waals surface area contributed by atoms with Crippen LogP contribution in [-0.2, 0) is 4.79 Å². The summed E-state index contributed by atoms with van der Waals surface area (Å²) in [6, 6.07) is 0. The number of carbonyl (C=O) groups is 1. The summed E-state index contributed by atoms with van der Waals surface area (Å²) in [5, 5.41) is 0. The molecule has 56 valence electrons. The van der Waals surface area contributed by atoms with Gasteiger partial charge >= 0.3 is 0 Å². The normalized spacial score (nSPS) is 21.5. The molecule has 0 unspecified atom stereocenters.